The van der Waals surface area contributed by atoms with Crippen LogP contribution in [0.5, 0.6) is 0 Å². The minimum Gasteiger partial charge on any atom is -0.0528 e. The molecule has 0 aromatic rings. The average molecular weight is 291 g/mol. The number of rotatable bonds is 0. The van der Waals surface area contributed by atoms with Crippen LogP contribution in [0.4, 0.5) is 0 Å². The normalized spacial score (nSPS) is 40.0. The van der Waals surface area contributed by atoms with E-state index in [9.17, 15) is 0 Å². The van der Waals surface area contributed by atoms with Crippen molar-refractivity contribution in [3.63, 3.8) is 0 Å². The molecule has 122 valence electrons. The van der Waals surface area contributed by atoms with E-state index in [1.165, 1.54) is 32.1 Å². The van der Waals surface area contributed by atoms with Gasteiger partial charge in [-0.3, -0.25) is 0 Å². The molecule has 0 aliphatic heterocycles. The van der Waals surface area contributed by atoms with Gasteiger partial charge in [0.25, 0.3) is 0 Å². The molecule has 0 spiro atoms. The summed E-state index contributed by atoms with van der Waals surface area (Å²) in [4.78, 5) is 0. The van der Waals surface area contributed by atoms with Crippen LogP contribution in [0, 0.1) is 23.7 Å². The molecule has 5 rings (SSSR count). The van der Waals surface area contributed by atoms with Gasteiger partial charge < -0.3 is 0 Å². The van der Waals surface area contributed by atoms with E-state index >= 15 is 0 Å². The highest BCUT2D eigenvalue weighted by molar-refractivity contribution is 4.75. The molecule has 0 saturated heterocycles. The molecular formula is C21H38. The lowest BCUT2D eigenvalue weighted by Gasteiger charge is -2.28. The van der Waals surface area contributed by atoms with Gasteiger partial charge in [0.2, 0.25) is 0 Å². The fraction of sp³-hybridized carbons (Fsp3) is 1.00. The van der Waals surface area contributed by atoms with E-state index < -0.39 is 0 Å². The number of hydrogen-bond acceptors (Lipinski definition) is 0. The molecule has 5 saturated carbocycles. The molecule has 5 aliphatic carbocycles. The molecule has 0 aromatic heterocycles. The Balaban J connectivity index is 0.000000126. The monoisotopic (exact) mass is 290 g/mol. The maximum Gasteiger partial charge on any atom is -0.0414 e. The molecule has 0 nitrogen and oxygen atoms in total. The summed E-state index contributed by atoms with van der Waals surface area (Å²) in [6.45, 7) is 0. The lowest BCUT2D eigenvalue weighted by atomic mass is 9.78. The quantitative estimate of drug-likeness (QED) is 0.445. The predicted molar refractivity (Wildman–Crippen MR) is 92.4 cm³/mol. The van der Waals surface area contributed by atoms with Crippen LogP contribution in [0.25, 0.3) is 0 Å². The van der Waals surface area contributed by atoms with Crippen LogP contribution < -0.4 is 0 Å². The second kappa shape index (κ2) is 8.59. The third-order valence-electron chi connectivity index (χ3n) is 7.11. The summed E-state index contributed by atoms with van der Waals surface area (Å²) >= 11 is 0. The highest BCUT2D eigenvalue weighted by atomic mass is 14.3. The Morgan fingerprint density at radius 3 is 0.667 bits per heavy atom. The highest BCUT2D eigenvalue weighted by Gasteiger charge is 2.22. The highest BCUT2D eigenvalue weighted by Crippen LogP contribution is 2.37. The Labute approximate surface area is 133 Å². The van der Waals surface area contributed by atoms with E-state index in [4.69, 9.17) is 0 Å². The molecule has 0 heteroatoms. The Morgan fingerprint density at radius 2 is 0.429 bits per heavy atom. The summed E-state index contributed by atoms with van der Waals surface area (Å²) in [5, 5.41) is 0. The summed E-state index contributed by atoms with van der Waals surface area (Å²) in [7, 11) is 0. The van der Waals surface area contributed by atoms with E-state index in [-0.39, 0.29) is 0 Å². The summed E-state index contributed by atoms with van der Waals surface area (Å²) in [5.41, 5.74) is 0. The number of fused-ring (bicyclic) bond motifs is 9. The third-order valence-corrected chi connectivity index (χ3v) is 7.11. The van der Waals surface area contributed by atoms with Gasteiger partial charge >= 0.3 is 0 Å². The van der Waals surface area contributed by atoms with Crippen molar-refractivity contribution in [2.75, 3.05) is 0 Å². The largest absolute Gasteiger partial charge is 0.0528 e. The Hall–Kier alpha value is 0. The van der Waals surface area contributed by atoms with Crippen LogP contribution in [0.15, 0.2) is 0 Å². The van der Waals surface area contributed by atoms with Crippen LogP contribution in [-0.2, 0) is 0 Å². The summed E-state index contributed by atoms with van der Waals surface area (Å²) < 4.78 is 0. The summed E-state index contributed by atoms with van der Waals surface area (Å²) in [5.74, 6) is 4.51. The molecular weight excluding hydrogens is 252 g/mol. The van der Waals surface area contributed by atoms with Gasteiger partial charge in [-0.15, -0.1) is 0 Å². The van der Waals surface area contributed by atoms with Crippen LogP contribution >= 0.6 is 0 Å². The van der Waals surface area contributed by atoms with Crippen LogP contribution in [0.3, 0.4) is 0 Å². The fourth-order valence-electron chi connectivity index (χ4n) is 5.68. The molecule has 0 amide bonds. The van der Waals surface area contributed by atoms with Crippen molar-refractivity contribution in [2.24, 2.45) is 23.7 Å². The standard InChI is InChI=1S/C11H20.C10H18/c1-4-10-6-2-7-11(5-1)9-3-8-10;1-3-9-5-2-6-10(4-1)8-7-9/h10-11H,1-9H2;9-10H,1-8H2. The molecule has 0 atom stereocenters. The fourth-order valence-corrected chi connectivity index (χ4v) is 5.68. The van der Waals surface area contributed by atoms with Gasteiger partial charge in [-0.1, -0.05) is 109 Å². The second-order valence-electron chi connectivity index (χ2n) is 8.70. The maximum absolute atomic E-state index is 1.56. The Morgan fingerprint density at radius 1 is 0.238 bits per heavy atom. The minimum atomic E-state index is 1.12. The van der Waals surface area contributed by atoms with E-state index in [0.29, 0.717) is 0 Å². The van der Waals surface area contributed by atoms with E-state index in [2.05, 4.69) is 0 Å². The van der Waals surface area contributed by atoms with Gasteiger partial charge in [0.15, 0.2) is 0 Å². The van der Waals surface area contributed by atoms with E-state index in [0.717, 1.165) is 23.7 Å². The molecule has 21 heavy (non-hydrogen) atoms. The van der Waals surface area contributed by atoms with Gasteiger partial charge in [-0.2, -0.15) is 0 Å². The smallest absolute Gasteiger partial charge is 0.0414 e. The zero-order valence-corrected chi connectivity index (χ0v) is 14.3. The first-order valence-electron chi connectivity index (χ1n) is 10.4. The van der Waals surface area contributed by atoms with Crippen molar-refractivity contribution in [1.29, 1.82) is 0 Å². The first-order valence-corrected chi connectivity index (χ1v) is 10.4. The van der Waals surface area contributed by atoms with Crippen LogP contribution in [0.2, 0.25) is 0 Å². The average Bonchev–Trinajstić information content (AvgIpc) is 2.72. The van der Waals surface area contributed by atoms with Crippen molar-refractivity contribution in [3.05, 3.63) is 0 Å². The van der Waals surface area contributed by atoms with Crippen molar-refractivity contribution < 1.29 is 0 Å². The predicted octanol–water partition coefficient (Wildman–Crippen LogP) is 7.12. The van der Waals surface area contributed by atoms with Crippen molar-refractivity contribution in [2.45, 2.75) is 109 Å². The van der Waals surface area contributed by atoms with Crippen molar-refractivity contribution in [1.82, 2.24) is 0 Å². The van der Waals surface area contributed by atoms with E-state index in [1.807, 2.05) is 0 Å². The zero-order valence-electron chi connectivity index (χ0n) is 14.3. The molecule has 4 bridgehead atoms. The molecule has 0 heterocycles. The first-order chi connectivity index (χ1) is 10.4. The Bertz CT molecular complexity index is 224. The SMILES string of the molecule is C1CC2CCCC(C1)CC2.C1CC2CCCC(C1)CCC2. The first kappa shape index (κ1) is 15.9. The van der Waals surface area contributed by atoms with Crippen LogP contribution in [-0.4, -0.2) is 0 Å². The Kier molecular flexibility index (Phi) is 6.49. The number of hydrogen-bond donors (Lipinski definition) is 0. The summed E-state index contributed by atoms with van der Waals surface area (Å²) in [6, 6.07) is 0. The molecule has 0 radical (unpaired) electrons. The summed E-state index contributed by atoms with van der Waals surface area (Å²) in [6.07, 6.45) is 26.3. The zero-order chi connectivity index (χ0) is 14.3. The topological polar surface area (TPSA) is 0 Å². The van der Waals surface area contributed by atoms with Crippen molar-refractivity contribution >= 4 is 0 Å². The van der Waals surface area contributed by atoms with Gasteiger partial charge in [-0.05, 0) is 23.7 Å². The molecule has 5 aliphatic rings. The maximum atomic E-state index is 1.56. The molecule has 0 aromatic carbocycles. The van der Waals surface area contributed by atoms with Gasteiger partial charge in [0.1, 0.15) is 0 Å². The van der Waals surface area contributed by atoms with Crippen molar-refractivity contribution in [3.8, 4) is 0 Å². The van der Waals surface area contributed by atoms with Gasteiger partial charge in [0, 0.05) is 0 Å². The lowest BCUT2D eigenvalue weighted by molar-refractivity contribution is 0.247. The lowest BCUT2D eigenvalue weighted by Crippen LogP contribution is -2.14. The van der Waals surface area contributed by atoms with Gasteiger partial charge in [-0.25, -0.2) is 0 Å². The molecule has 0 N–H and O–H groups in total. The van der Waals surface area contributed by atoms with Crippen LogP contribution in [0.1, 0.15) is 109 Å². The third kappa shape index (κ3) is 5.29. The van der Waals surface area contributed by atoms with E-state index in [1.54, 1.807) is 77.0 Å². The minimum absolute atomic E-state index is 1.12. The molecule has 0 unspecified atom stereocenters. The molecule has 5 fully saturated rings. The van der Waals surface area contributed by atoms with Gasteiger partial charge in [0.05, 0.1) is 0 Å². The second-order valence-corrected chi connectivity index (χ2v) is 8.70.